The van der Waals surface area contributed by atoms with Crippen LogP contribution in [0, 0.1) is 0 Å². The normalized spacial score (nSPS) is 13.4. The first kappa shape index (κ1) is 7.67. The van der Waals surface area contributed by atoms with Crippen LogP contribution in [0.4, 0.5) is 5.69 Å². The van der Waals surface area contributed by atoms with Gasteiger partial charge >= 0.3 is 0 Å². The van der Waals surface area contributed by atoms with Gasteiger partial charge in [-0.2, -0.15) is 0 Å². The van der Waals surface area contributed by atoms with Gasteiger partial charge in [0.2, 0.25) is 0 Å². The fourth-order valence-electron chi connectivity index (χ4n) is 1.09. The molecule has 0 amide bonds. The number of hydrogen-bond acceptors (Lipinski definition) is 4. The van der Waals surface area contributed by atoms with Crippen molar-refractivity contribution >= 4 is 12.0 Å². The Balaban J connectivity index is 2.39. The van der Waals surface area contributed by atoms with Crippen LogP contribution in [0.5, 0.6) is 11.5 Å². The highest BCUT2D eigenvalue weighted by Gasteiger charge is 2.11. The van der Waals surface area contributed by atoms with Gasteiger partial charge in [-0.05, 0) is 12.1 Å². The molecule has 0 saturated heterocycles. The van der Waals surface area contributed by atoms with E-state index in [4.69, 9.17) is 9.84 Å². The van der Waals surface area contributed by atoms with Gasteiger partial charge in [-0.3, -0.25) is 4.79 Å². The van der Waals surface area contributed by atoms with Crippen LogP contribution in [-0.4, -0.2) is 11.4 Å². The smallest absolute Gasteiger partial charge is 0.169 e. The average Bonchev–Trinajstić information content (AvgIpc) is 2.16. The minimum Gasteiger partial charge on any atom is -0.508 e. The van der Waals surface area contributed by atoms with Crippen molar-refractivity contribution in [2.75, 3.05) is 5.32 Å². The van der Waals surface area contributed by atoms with Crippen LogP contribution in [-0.2, 0) is 4.79 Å². The van der Waals surface area contributed by atoms with E-state index in [-0.39, 0.29) is 5.75 Å². The lowest BCUT2D eigenvalue weighted by Crippen LogP contribution is -2.08. The summed E-state index contributed by atoms with van der Waals surface area (Å²) in [6.45, 7) is 0. The first-order chi connectivity index (χ1) is 6.29. The van der Waals surface area contributed by atoms with E-state index >= 15 is 0 Å². The Bertz CT molecular complexity index is 384. The Morgan fingerprint density at radius 1 is 1.46 bits per heavy atom. The molecular formula is C9H7NO3. The van der Waals surface area contributed by atoms with Crippen molar-refractivity contribution in [3.8, 4) is 11.5 Å². The van der Waals surface area contributed by atoms with Gasteiger partial charge in [0.25, 0.3) is 0 Å². The van der Waals surface area contributed by atoms with Crippen molar-refractivity contribution < 1.29 is 14.6 Å². The molecule has 0 saturated carbocycles. The maximum atomic E-state index is 10.4. The van der Waals surface area contributed by atoms with E-state index in [1.54, 1.807) is 6.07 Å². The number of rotatable bonds is 1. The van der Waals surface area contributed by atoms with E-state index in [1.807, 2.05) is 0 Å². The monoisotopic (exact) mass is 177 g/mol. The minimum atomic E-state index is 0.127. The highest BCUT2D eigenvalue weighted by Crippen LogP contribution is 2.32. The number of phenols is 1. The van der Waals surface area contributed by atoms with Crippen LogP contribution >= 0.6 is 0 Å². The van der Waals surface area contributed by atoms with E-state index in [2.05, 4.69) is 5.32 Å². The number of hydrogen-bond donors (Lipinski definition) is 2. The van der Waals surface area contributed by atoms with Crippen LogP contribution in [0.15, 0.2) is 30.2 Å². The van der Waals surface area contributed by atoms with E-state index in [0.29, 0.717) is 23.4 Å². The molecular weight excluding hydrogens is 170 g/mol. The number of phenolic OH excluding ortho intramolecular Hbond substituents is 1. The summed E-state index contributed by atoms with van der Waals surface area (Å²) < 4.78 is 5.12. The van der Waals surface area contributed by atoms with Crippen molar-refractivity contribution in [1.82, 2.24) is 0 Å². The predicted molar refractivity (Wildman–Crippen MR) is 46.5 cm³/mol. The molecule has 1 heterocycles. The molecule has 0 bridgehead atoms. The molecule has 0 radical (unpaired) electrons. The molecule has 2 N–H and O–H groups in total. The predicted octanol–water partition coefficient (Wildman–Crippen LogP) is 1.24. The lowest BCUT2D eigenvalue weighted by atomic mass is 10.2. The first-order valence-corrected chi connectivity index (χ1v) is 3.71. The number of aldehydes is 1. The second-order valence-electron chi connectivity index (χ2n) is 2.61. The Morgan fingerprint density at radius 3 is 3.08 bits per heavy atom. The molecule has 13 heavy (non-hydrogen) atoms. The summed E-state index contributed by atoms with van der Waals surface area (Å²) in [5.41, 5.74) is 0.919. The summed E-state index contributed by atoms with van der Waals surface area (Å²) in [6.07, 6.45) is 1.97. The average molecular weight is 177 g/mol. The van der Waals surface area contributed by atoms with E-state index < -0.39 is 0 Å². The molecule has 1 aromatic rings. The van der Waals surface area contributed by atoms with E-state index in [0.717, 1.165) is 0 Å². The summed E-state index contributed by atoms with van der Waals surface area (Å²) in [7, 11) is 0. The molecule has 0 spiro atoms. The number of anilines is 1. The Hall–Kier alpha value is -1.97. The zero-order valence-corrected chi connectivity index (χ0v) is 6.65. The van der Waals surface area contributed by atoms with Gasteiger partial charge in [0.15, 0.2) is 6.29 Å². The minimum absolute atomic E-state index is 0.127. The first-order valence-electron chi connectivity index (χ1n) is 3.71. The molecule has 4 heteroatoms. The molecule has 1 aromatic carbocycles. The molecule has 0 aromatic heterocycles. The lowest BCUT2D eigenvalue weighted by Gasteiger charge is -2.15. The SMILES string of the molecule is O=CC1=COc2ccc(O)cc2N1. The highest BCUT2D eigenvalue weighted by molar-refractivity contribution is 5.81. The fourth-order valence-corrected chi connectivity index (χ4v) is 1.09. The van der Waals surface area contributed by atoms with Crippen molar-refractivity contribution in [3.63, 3.8) is 0 Å². The molecule has 1 aliphatic rings. The summed E-state index contributed by atoms with van der Waals surface area (Å²) in [4.78, 5) is 10.4. The summed E-state index contributed by atoms with van der Waals surface area (Å²) in [5.74, 6) is 0.713. The van der Waals surface area contributed by atoms with Crippen LogP contribution in [0.2, 0.25) is 0 Å². The highest BCUT2D eigenvalue weighted by atomic mass is 16.5. The molecule has 1 aliphatic heterocycles. The maximum absolute atomic E-state index is 10.4. The molecule has 66 valence electrons. The molecule has 0 aliphatic carbocycles. The molecule has 0 fully saturated rings. The van der Waals surface area contributed by atoms with Gasteiger partial charge in [-0.25, -0.2) is 0 Å². The second-order valence-corrected chi connectivity index (χ2v) is 2.61. The number of ether oxygens (including phenoxy) is 1. The standard InChI is InChI=1S/C9H7NO3/c11-4-6-5-13-9-2-1-7(12)3-8(9)10-6/h1-5,10,12H. The van der Waals surface area contributed by atoms with Crippen molar-refractivity contribution in [1.29, 1.82) is 0 Å². The quantitative estimate of drug-likeness (QED) is 0.633. The number of benzene rings is 1. The van der Waals surface area contributed by atoms with Gasteiger partial charge < -0.3 is 15.2 Å². The Labute approximate surface area is 74.4 Å². The molecule has 4 nitrogen and oxygen atoms in total. The van der Waals surface area contributed by atoms with Crippen molar-refractivity contribution in [3.05, 3.63) is 30.2 Å². The van der Waals surface area contributed by atoms with E-state index in [1.165, 1.54) is 18.4 Å². The third kappa shape index (κ3) is 1.33. The summed E-state index contributed by atoms with van der Waals surface area (Å²) in [5, 5.41) is 11.9. The number of fused-ring (bicyclic) bond motifs is 1. The molecule has 0 atom stereocenters. The Kier molecular flexibility index (Phi) is 1.66. The van der Waals surface area contributed by atoms with Gasteiger partial charge in [-0.1, -0.05) is 0 Å². The lowest BCUT2D eigenvalue weighted by molar-refractivity contribution is -0.104. The largest absolute Gasteiger partial charge is 0.508 e. The van der Waals surface area contributed by atoms with Crippen LogP contribution in [0.3, 0.4) is 0 Å². The zero-order valence-electron chi connectivity index (χ0n) is 6.65. The number of allylic oxidation sites excluding steroid dienone is 1. The fraction of sp³-hybridized carbons (Fsp3) is 0. The van der Waals surface area contributed by atoms with Gasteiger partial charge in [0, 0.05) is 6.07 Å². The maximum Gasteiger partial charge on any atom is 0.169 e. The third-order valence-electron chi connectivity index (χ3n) is 1.68. The zero-order chi connectivity index (χ0) is 9.26. The van der Waals surface area contributed by atoms with Crippen LogP contribution in [0.1, 0.15) is 0 Å². The summed E-state index contributed by atoms with van der Waals surface area (Å²) in [6, 6.07) is 4.63. The number of carbonyl (C=O) groups excluding carboxylic acids is 1. The Morgan fingerprint density at radius 2 is 2.31 bits per heavy atom. The molecule has 0 unspecified atom stereocenters. The van der Waals surface area contributed by atoms with Crippen molar-refractivity contribution in [2.45, 2.75) is 0 Å². The number of aromatic hydroxyl groups is 1. The van der Waals surface area contributed by atoms with Crippen LogP contribution < -0.4 is 10.1 Å². The van der Waals surface area contributed by atoms with E-state index in [9.17, 15) is 4.79 Å². The van der Waals surface area contributed by atoms with Gasteiger partial charge in [-0.15, -0.1) is 0 Å². The summed E-state index contributed by atoms with van der Waals surface area (Å²) >= 11 is 0. The number of carbonyl (C=O) groups is 1. The van der Waals surface area contributed by atoms with Crippen LogP contribution in [0.25, 0.3) is 0 Å². The van der Waals surface area contributed by atoms with Gasteiger partial charge in [0.05, 0.1) is 5.69 Å². The second kappa shape index (κ2) is 2.82. The topological polar surface area (TPSA) is 58.6 Å². The van der Waals surface area contributed by atoms with Gasteiger partial charge in [0.1, 0.15) is 23.5 Å². The number of nitrogens with one attached hydrogen (secondary N) is 1. The molecule has 2 rings (SSSR count). The third-order valence-corrected chi connectivity index (χ3v) is 1.68. The van der Waals surface area contributed by atoms with Crippen molar-refractivity contribution in [2.24, 2.45) is 0 Å².